The van der Waals surface area contributed by atoms with Crippen LogP contribution >= 0.6 is 7.14 Å². The largest absolute Gasteiger partial charge is 0.305 e. The first-order valence-electron chi connectivity index (χ1n) is 10.6. The Morgan fingerprint density at radius 2 is 1.26 bits per heavy atom. The molecule has 0 N–H and O–H groups in total. The fraction of sp³-hybridized carbons (Fsp3) is 0.259. The highest BCUT2D eigenvalue weighted by Gasteiger charge is 2.38. The number of aryl methyl sites for hydroxylation is 2. The Morgan fingerprint density at radius 1 is 0.806 bits per heavy atom. The molecule has 0 saturated heterocycles. The number of Topliss-reactive ketones (excluding diaryl/α,β-unsaturated/α-hetero) is 1. The molecule has 3 rings (SSSR count). The molecule has 0 aliphatic heterocycles. The molecular formula is C27H29O3P. The van der Waals surface area contributed by atoms with Crippen molar-refractivity contribution >= 4 is 29.1 Å². The number of hydrogen-bond donors (Lipinski definition) is 0. The Hall–Kier alpha value is -2.77. The molecule has 3 nitrogen and oxygen atoms in total. The maximum Gasteiger partial charge on any atom is 0.230 e. The van der Waals surface area contributed by atoms with E-state index in [-0.39, 0.29) is 11.7 Å². The van der Waals surface area contributed by atoms with Crippen LogP contribution in [-0.4, -0.2) is 11.3 Å². The van der Waals surface area contributed by atoms with E-state index < -0.39 is 12.7 Å². The summed E-state index contributed by atoms with van der Waals surface area (Å²) in [5.41, 5.74) is 2.78. The highest BCUT2D eigenvalue weighted by Crippen LogP contribution is 2.48. The van der Waals surface area contributed by atoms with Gasteiger partial charge in [0.15, 0.2) is 5.78 Å². The molecule has 0 fully saturated rings. The molecule has 3 aromatic carbocycles. The van der Waals surface area contributed by atoms with Gasteiger partial charge in [0.25, 0.3) is 0 Å². The van der Waals surface area contributed by atoms with E-state index >= 15 is 0 Å². The highest BCUT2D eigenvalue weighted by atomic mass is 31.2. The second kappa shape index (κ2) is 9.16. The molecule has 160 valence electrons. The van der Waals surface area contributed by atoms with Crippen molar-refractivity contribution in [3.63, 3.8) is 0 Å². The molecule has 3 aromatic rings. The lowest BCUT2D eigenvalue weighted by Crippen LogP contribution is -2.25. The topological polar surface area (TPSA) is 51.2 Å². The van der Waals surface area contributed by atoms with Gasteiger partial charge in [-0.1, -0.05) is 80.6 Å². The minimum absolute atomic E-state index is 0.0285. The van der Waals surface area contributed by atoms with Crippen molar-refractivity contribution in [3.8, 4) is 0 Å². The van der Waals surface area contributed by atoms with Gasteiger partial charge in [0, 0.05) is 27.7 Å². The highest BCUT2D eigenvalue weighted by molar-refractivity contribution is 7.93. The van der Waals surface area contributed by atoms with Crippen LogP contribution in [0.1, 0.15) is 57.7 Å². The van der Waals surface area contributed by atoms with Crippen LogP contribution in [0.25, 0.3) is 0 Å². The van der Waals surface area contributed by atoms with Gasteiger partial charge in [0.05, 0.1) is 0 Å². The summed E-state index contributed by atoms with van der Waals surface area (Å²) in [7, 11) is -3.64. The molecule has 0 saturated carbocycles. The molecule has 0 aliphatic rings. The summed E-state index contributed by atoms with van der Waals surface area (Å²) in [5, 5.41) is 1.00. The van der Waals surface area contributed by atoms with Crippen LogP contribution < -0.4 is 10.6 Å². The molecular weight excluding hydrogens is 403 g/mol. The minimum Gasteiger partial charge on any atom is -0.305 e. The summed E-state index contributed by atoms with van der Waals surface area (Å²) in [6.07, 6.45) is 0.724. The minimum atomic E-state index is -3.64. The number of benzene rings is 3. The van der Waals surface area contributed by atoms with E-state index in [0.717, 1.165) is 17.5 Å². The van der Waals surface area contributed by atoms with Crippen LogP contribution in [0.15, 0.2) is 66.7 Å². The standard InChI is InChI=1S/C27H29O3P/c1-6-18(2)26(28)24-19(3)17-20(4)25(21(24)5)27(29)31(30,22-13-9-7-10-14-22)23-15-11-8-12-16-23/h7-18H,6H2,1-5H3. The number of carbonyl (C=O) groups excluding carboxylic acids is 2. The van der Waals surface area contributed by atoms with Gasteiger partial charge in [0.2, 0.25) is 12.7 Å². The average molecular weight is 433 g/mol. The van der Waals surface area contributed by atoms with Gasteiger partial charge in [0.1, 0.15) is 0 Å². The van der Waals surface area contributed by atoms with Crippen LogP contribution in [0.4, 0.5) is 0 Å². The zero-order chi connectivity index (χ0) is 22.8. The lowest BCUT2D eigenvalue weighted by molar-refractivity contribution is 0.0926. The fourth-order valence-electron chi connectivity index (χ4n) is 4.14. The predicted octanol–water partition coefficient (Wildman–Crippen LogP) is 5.99. The van der Waals surface area contributed by atoms with Crippen molar-refractivity contribution in [2.24, 2.45) is 5.92 Å². The number of hydrogen-bond acceptors (Lipinski definition) is 3. The summed E-state index contributed by atoms with van der Waals surface area (Å²) in [6.45, 7) is 9.44. The van der Waals surface area contributed by atoms with Gasteiger partial charge in [-0.15, -0.1) is 0 Å². The first-order valence-corrected chi connectivity index (χ1v) is 12.3. The van der Waals surface area contributed by atoms with Gasteiger partial charge < -0.3 is 4.57 Å². The molecule has 0 bridgehead atoms. The van der Waals surface area contributed by atoms with Crippen molar-refractivity contribution in [1.82, 2.24) is 0 Å². The van der Waals surface area contributed by atoms with Crippen molar-refractivity contribution in [2.75, 3.05) is 0 Å². The van der Waals surface area contributed by atoms with Crippen molar-refractivity contribution < 1.29 is 14.2 Å². The summed E-state index contributed by atoms with van der Waals surface area (Å²) in [6, 6.07) is 19.7. The van der Waals surface area contributed by atoms with Crippen LogP contribution in [-0.2, 0) is 4.57 Å². The number of carbonyl (C=O) groups is 2. The molecule has 0 heterocycles. The Kier molecular flexibility index (Phi) is 6.77. The first kappa shape index (κ1) is 22.9. The molecule has 0 spiro atoms. The van der Waals surface area contributed by atoms with Crippen LogP contribution in [0, 0.1) is 26.7 Å². The molecule has 0 aliphatic carbocycles. The van der Waals surface area contributed by atoms with E-state index in [1.165, 1.54) is 0 Å². The summed E-state index contributed by atoms with van der Waals surface area (Å²) < 4.78 is 14.5. The van der Waals surface area contributed by atoms with E-state index in [1.54, 1.807) is 48.5 Å². The van der Waals surface area contributed by atoms with Crippen LogP contribution in [0.2, 0.25) is 0 Å². The molecule has 1 unspecified atom stereocenters. The number of ketones is 1. The van der Waals surface area contributed by atoms with Crippen molar-refractivity contribution in [3.05, 3.63) is 94.5 Å². The molecule has 31 heavy (non-hydrogen) atoms. The smallest absolute Gasteiger partial charge is 0.230 e. The van der Waals surface area contributed by atoms with Gasteiger partial charge in [-0.05, 0) is 43.9 Å². The lowest BCUT2D eigenvalue weighted by atomic mass is 9.87. The van der Waals surface area contributed by atoms with Crippen molar-refractivity contribution in [2.45, 2.75) is 41.0 Å². The number of rotatable bonds is 7. The van der Waals surface area contributed by atoms with E-state index in [9.17, 15) is 14.2 Å². The third kappa shape index (κ3) is 4.07. The van der Waals surface area contributed by atoms with Gasteiger partial charge in [-0.25, -0.2) is 0 Å². The van der Waals surface area contributed by atoms with Crippen molar-refractivity contribution in [1.29, 1.82) is 0 Å². The second-order valence-corrected chi connectivity index (χ2v) is 10.8. The van der Waals surface area contributed by atoms with Crippen LogP contribution in [0.5, 0.6) is 0 Å². The van der Waals surface area contributed by atoms with E-state index in [2.05, 4.69) is 0 Å². The maximum atomic E-state index is 14.5. The lowest BCUT2D eigenvalue weighted by Gasteiger charge is -2.23. The quantitative estimate of drug-likeness (QED) is 0.340. The maximum absolute atomic E-state index is 14.5. The summed E-state index contributed by atoms with van der Waals surface area (Å²) >= 11 is 0. The van der Waals surface area contributed by atoms with E-state index in [1.807, 2.05) is 52.8 Å². The Labute approximate surface area is 184 Å². The summed E-state index contributed by atoms with van der Waals surface area (Å²) in [5.74, 6) is -0.112. The van der Waals surface area contributed by atoms with Gasteiger partial charge in [-0.3, -0.25) is 9.59 Å². The molecule has 0 radical (unpaired) electrons. The second-order valence-electron chi connectivity index (χ2n) is 8.14. The van der Waals surface area contributed by atoms with Crippen LogP contribution in [0.3, 0.4) is 0 Å². The zero-order valence-corrected chi connectivity index (χ0v) is 19.7. The molecule has 4 heteroatoms. The Bertz CT molecular complexity index is 1120. The molecule has 0 aromatic heterocycles. The monoisotopic (exact) mass is 432 g/mol. The normalized spacial score (nSPS) is 12.4. The van der Waals surface area contributed by atoms with E-state index in [0.29, 0.717) is 27.3 Å². The molecule has 1 atom stereocenters. The third-order valence-electron chi connectivity index (χ3n) is 6.02. The zero-order valence-electron chi connectivity index (χ0n) is 18.8. The van der Waals surface area contributed by atoms with Gasteiger partial charge >= 0.3 is 0 Å². The average Bonchev–Trinajstić information content (AvgIpc) is 2.78. The van der Waals surface area contributed by atoms with Gasteiger partial charge in [-0.2, -0.15) is 0 Å². The summed E-state index contributed by atoms with van der Waals surface area (Å²) in [4.78, 5) is 27.2. The Morgan fingerprint density at radius 3 is 1.71 bits per heavy atom. The predicted molar refractivity (Wildman–Crippen MR) is 129 cm³/mol. The SMILES string of the molecule is CCC(C)C(=O)c1c(C)cc(C)c(C(=O)P(=O)(c2ccccc2)c2ccccc2)c1C. The fourth-order valence-corrected chi connectivity index (χ4v) is 6.75. The molecule has 0 amide bonds. The third-order valence-corrected chi connectivity index (χ3v) is 8.86. The van der Waals surface area contributed by atoms with E-state index in [4.69, 9.17) is 0 Å². The first-order chi connectivity index (χ1) is 14.7. The Balaban J connectivity index is 2.29.